The summed E-state index contributed by atoms with van der Waals surface area (Å²) >= 11 is 0. The number of carbonyl (C=O) groups excluding carboxylic acids is 1. The van der Waals surface area contributed by atoms with Crippen molar-refractivity contribution in [2.75, 3.05) is 31.3 Å². The molecule has 0 saturated heterocycles. The van der Waals surface area contributed by atoms with Gasteiger partial charge in [-0.1, -0.05) is 6.08 Å². The van der Waals surface area contributed by atoms with Crippen molar-refractivity contribution < 1.29 is 17.9 Å². The second-order valence-corrected chi connectivity index (χ2v) is 5.35. The monoisotopic (exact) mass is 249 g/mol. The maximum atomic E-state index is 11.2. The van der Waals surface area contributed by atoms with E-state index in [1.165, 1.54) is 6.08 Å². The van der Waals surface area contributed by atoms with E-state index < -0.39 is 21.5 Å². The molecule has 0 radical (unpaired) electrons. The molecule has 0 aromatic carbocycles. The lowest BCUT2D eigenvalue weighted by molar-refractivity contribution is -0.118. The molecule has 0 fully saturated rings. The Bertz CT molecular complexity index is 311. The molecule has 5 nitrogen and oxygen atoms in total. The summed E-state index contributed by atoms with van der Waals surface area (Å²) in [6, 6.07) is 0. The Morgan fingerprint density at radius 2 is 2.19 bits per heavy atom. The molecule has 0 aliphatic rings. The quantitative estimate of drug-likeness (QED) is 0.466. The van der Waals surface area contributed by atoms with E-state index in [9.17, 15) is 13.2 Å². The fourth-order valence-corrected chi connectivity index (χ4v) is 2.01. The van der Waals surface area contributed by atoms with Crippen LogP contribution in [-0.2, 0) is 19.4 Å². The molecule has 0 aromatic rings. The molecule has 0 unspecified atom stereocenters. The van der Waals surface area contributed by atoms with Gasteiger partial charge in [0.2, 0.25) is 5.91 Å². The van der Waals surface area contributed by atoms with Crippen molar-refractivity contribution in [3.8, 4) is 0 Å². The molecule has 6 heteroatoms. The van der Waals surface area contributed by atoms with E-state index in [0.717, 1.165) is 0 Å². The zero-order valence-corrected chi connectivity index (χ0v) is 10.4. The molecule has 0 rings (SSSR count). The first-order valence-corrected chi connectivity index (χ1v) is 6.99. The Labute approximate surface area is 96.8 Å². The van der Waals surface area contributed by atoms with Gasteiger partial charge in [-0.3, -0.25) is 4.79 Å². The highest BCUT2D eigenvalue weighted by Gasteiger charge is 2.14. The number of nitrogens with one attached hydrogen (secondary N) is 1. The fraction of sp³-hybridized carbons (Fsp3) is 0.700. The predicted octanol–water partition coefficient (Wildman–Crippen LogP) is 0.130. The Morgan fingerprint density at radius 1 is 1.50 bits per heavy atom. The van der Waals surface area contributed by atoms with Gasteiger partial charge >= 0.3 is 0 Å². The molecule has 0 atom stereocenters. The van der Waals surface area contributed by atoms with Crippen LogP contribution in [0.4, 0.5) is 0 Å². The lowest BCUT2D eigenvalue weighted by atomic mass is 10.4. The van der Waals surface area contributed by atoms with Gasteiger partial charge in [0.25, 0.3) is 0 Å². The number of ether oxygens (including phenoxy) is 1. The molecule has 0 spiro atoms. The summed E-state index contributed by atoms with van der Waals surface area (Å²) < 4.78 is 27.5. The van der Waals surface area contributed by atoms with Crippen LogP contribution in [0, 0.1) is 0 Å². The molecule has 1 N–H and O–H groups in total. The molecule has 16 heavy (non-hydrogen) atoms. The third-order valence-corrected chi connectivity index (χ3v) is 3.16. The van der Waals surface area contributed by atoms with Crippen LogP contribution in [0.3, 0.4) is 0 Å². The van der Waals surface area contributed by atoms with E-state index in [1.807, 2.05) is 6.92 Å². The van der Waals surface area contributed by atoms with Crippen molar-refractivity contribution in [2.24, 2.45) is 0 Å². The minimum absolute atomic E-state index is 0.167. The average Bonchev–Trinajstić information content (AvgIpc) is 2.16. The SMILES string of the molecule is C=CCS(=O)(=O)CC(=O)NCCCOCC. The van der Waals surface area contributed by atoms with Gasteiger partial charge in [-0.25, -0.2) is 8.42 Å². The summed E-state index contributed by atoms with van der Waals surface area (Å²) in [5, 5.41) is 2.52. The van der Waals surface area contributed by atoms with E-state index in [0.29, 0.717) is 26.2 Å². The molecule has 0 aliphatic carbocycles. The van der Waals surface area contributed by atoms with E-state index in [1.54, 1.807) is 0 Å². The van der Waals surface area contributed by atoms with Crippen molar-refractivity contribution in [3.63, 3.8) is 0 Å². The van der Waals surface area contributed by atoms with Crippen LogP contribution < -0.4 is 5.32 Å². The standard InChI is InChI=1S/C10H19NO4S/c1-3-8-16(13,14)9-10(12)11-6-5-7-15-4-2/h3H,1,4-9H2,2H3,(H,11,12). The summed E-state index contributed by atoms with van der Waals surface area (Å²) in [4.78, 5) is 11.2. The zero-order valence-electron chi connectivity index (χ0n) is 9.57. The summed E-state index contributed by atoms with van der Waals surface area (Å²) in [5.74, 6) is -1.12. The van der Waals surface area contributed by atoms with E-state index >= 15 is 0 Å². The fourth-order valence-electron chi connectivity index (χ4n) is 1.04. The lowest BCUT2D eigenvalue weighted by Crippen LogP contribution is -2.32. The average molecular weight is 249 g/mol. The van der Waals surface area contributed by atoms with E-state index in [-0.39, 0.29) is 5.75 Å². The first kappa shape index (κ1) is 15.1. The maximum absolute atomic E-state index is 11.2. The number of amides is 1. The largest absolute Gasteiger partial charge is 0.382 e. The highest BCUT2D eigenvalue weighted by molar-refractivity contribution is 7.92. The molecule has 0 bridgehead atoms. The Hall–Kier alpha value is -0.880. The molecular formula is C10H19NO4S. The van der Waals surface area contributed by atoms with Gasteiger partial charge in [0.1, 0.15) is 5.75 Å². The van der Waals surface area contributed by atoms with Crippen LogP contribution in [0.5, 0.6) is 0 Å². The molecule has 0 aliphatic heterocycles. The number of hydrogen-bond acceptors (Lipinski definition) is 4. The highest BCUT2D eigenvalue weighted by Crippen LogP contribution is 1.90. The Morgan fingerprint density at radius 3 is 2.75 bits per heavy atom. The van der Waals surface area contributed by atoms with Gasteiger partial charge in [0.15, 0.2) is 9.84 Å². The number of hydrogen-bond donors (Lipinski definition) is 1. The van der Waals surface area contributed by atoms with Crippen molar-refractivity contribution in [2.45, 2.75) is 13.3 Å². The normalized spacial score (nSPS) is 11.1. The molecule has 0 saturated carbocycles. The van der Waals surface area contributed by atoms with Gasteiger partial charge in [-0.2, -0.15) is 0 Å². The Balaban J connectivity index is 3.70. The van der Waals surface area contributed by atoms with Crippen molar-refractivity contribution >= 4 is 15.7 Å². The minimum Gasteiger partial charge on any atom is -0.382 e. The van der Waals surface area contributed by atoms with Gasteiger partial charge in [0.05, 0.1) is 5.75 Å². The summed E-state index contributed by atoms with van der Waals surface area (Å²) in [5.41, 5.74) is 0. The van der Waals surface area contributed by atoms with Crippen molar-refractivity contribution in [3.05, 3.63) is 12.7 Å². The number of carbonyl (C=O) groups is 1. The molecule has 0 heterocycles. The molecular weight excluding hydrogens is 230 g/mol. The highest BCUT2D eigenvalue weighted by atomic mass is 32.2. The van der Waals surface area contributed by atoms with E-state index in [4.69, 9.17) is 4.74 Å². The first-order chi connectivity index (χ1) is 7.52. The molecule has 1 amide bonds. The lowest BCUT2D eigenvalue weighted by Gasteiger charge is -2.05. The van der Waals surface area contributed by atoms with E-state index in [2.05, 4.69) is 11.9 Å². The maximum Gasteiger partial charge on any atom is 0.235 e. The van der Waals surface area contributed by atoms with Gasteiger partial charge in [-0.05, 0) is 13.3 Å². The summed E-state index contributed by atoms with van der Waals surface area (Å²) in [6.07, 6.45) is 1.96. The van der Waals surface area contributed by atoms with Crippen LogP contribution in [0.1, 0.15) is 13.3 Å². The van der Waals surface area contributed by atoms with Gasteiger partial charge in [0, 0.05) is 19.8 Å². The molecule has 94 valence electrons. The van der Waals surface area contributed by atoms with Crippen LogP contribution in [0.25, 0.3) is 0 Å². The van der Waals surface area contributed by atoms with Crippen LogP contribution in [-0.4, -0.2) is 45.6 Å². The number of rotatable bonds is 9. The predicted molar refractivity (Wildman–Crippen MR) is 63.0 cm³/mol. The summed E-state index contributed by atoms with van der Waals surface area (Å²) in [7, 11) is -3.34. The third kappa shape index (κ3) is 8.43. The van der Waals surface area contributed by atoms with Gasteiger partial charge in [-0.15, -0.1) is 6.58 Å². The minimum atomic E-state index is -3.34. The first-order valence-electron chi connectivity index (χ1n) is 5.17. The summed E-state index contributed by atoms with van der Waals surface area (Å²) in [6.45, 7) is 6.85. The van der Waals surface area contributed by atoms with Crippen molar-refractivity contribution in [1.29, 1.82) is 0 Å². The van der Waals surface area contributed by atoms with Gasteiger partial charge < -0.3 is 10.1 Å². The third-order valence-electron chi connectivity index (χ3n) is 1.71. The smallest absolute Gasteiger partial charge is 0.235 e. The number of sulfone groups is 1. The van der Waals surface area contributed by atoms with Crippen LogP contribution in [0.15, 0.2) is 12.7 Å². The van der Waals surface area contributed by atoms with Crippen LogP contribution >= 0.6 is 0 Å². The van der Waals surface area contributed by atoms with Crippen LogP contribution in [0.2, 0.25) is 0 Å². The second kappa shape index (κ2) is 8.29. The topological polar surface area (TPSA) is 72.5 Å². The van der Waals surface area contributed by atoms with Crippen molar-refractivity contribution in [1.82, 2.24) is 5.32 Å². The second-order valence-electron chi connectivity index (χ2n) is 3.24. The zero-order chi connectivity index (χ0) is 12.4. The Kier molecular flexibility index (Phi) is 7.84. The molecule has 0 aromatic heterocycles.